The molecule has 1 amide bonds. The van der Waals surface area contributed by atoms with E-state index in [1.807, 2.05) is 23.1 Å². The molecule has 1 aliphatic heterocycles. The number of carbonyl (C=O) groups excluding carboxylic acids is 1. The van der Waals surface area contributed by atoms with Crippen LogP contribution in [0, 0.1) is 0 Å². The summed E-state index contributed by atoms with van der Waals surface area (Å²) in [6, 6.07) is 10.2. The number of nitrogens with zero attached hydrogens (tertiary/aromatic N) is 2. The molecule has 0 aliphatic carbocycles. The first kappa shape index (κ1) is 15.0. The molecule has 1 heterocycles. The maximum atomic E-state index is 12.5. The summed E-state index contributed by atoms with van der Waals surface area (Å²) in [6.07, 6.45) is 0. The normalized spacial score (nSPS) is 19.4. The van der Waals surface area contributed by atoms with Gasteiger partial charge in [-0.3, -0.25) is 9.69 Å². The second-order valence-electron chi connectivity index (χ2n) is 5.05. The van der Waals surface area contributed by atoms with Crippen LogP contribution in [0.2, 0.25) is 0 Å². The Morgan fingerprint density at radius 3 is 2.65 bits per heavy atom. The predicted octanol–water partition coefficient (Wildman–Crippen LogP) is 1.93. The van der Waals surface area contributed by atoms with E-state index in [0.717, 1.165) is 18.7 Å². The summed E-state index contributed by atoms with van der Waals surface area (Å²) >= 11 is 0. The molecule has 0 radical (unpaired) electrons. The van der Waals surface area contributed by atoms with Gasteiger partial charge in [0.15, 0.2) is 0 Å². The van der Waals surface area contributed by atoms with Gasteiger partial charge in [-0.25, -0.2) is 0 Å². The third kappa shape index (κ3) is 3.58. The van der Waals surface area contributed by atoms with E-state index in [1.54, 1.807) is 0 Å². The maximum absolute atomic E-state index is 12.5. The molecule has 0 unspecified atom stereocenters. The molecule has 110 valence electrons. The van der Waals surface area contributed by atoms with Crippen molar-refractivity contribution in [2.45, 2.75) is 19.9 Å². The van der Waals surface area contributed by atoms with Crippen LogP contribution < -0.4 is 0 Å². The number of ether oxygens (including phenoxy) is 1. The lowest BCUT2D eigenvalue weighted by Crippen LogP contribution is -2.47. The average molecular weight is 276 g/mol. The largest absolute Gasteiger partial charge is 0.377 e. The van der Waals surface area contributed by atoms with Crippen LogP contribution in [0.3, 0.4) is 0 Å². The minimum absolute atomic E-state index is 0.0491. The quantitative estimate of drug-likeness (QED) is 0.824. The molecule has 1 aromatic rings. The van der Waals surface area contributed by atoms with E-state index in [1.165, 1.54) is 0 Å². The van der Waals surface area contributed by atoms with Crippen molar-refractivity contribution in [3.63, 3.8) is 0 Å². The Labute approximate surface area is 121 Å². The smallest absolute Gasteiger partial charge is 0.237 e. The Morgan fingerprint density at radius 2 is 2.00 bits per heavy atom. The summed E-state index contributed by atoms with van der Waals surface area (Å²) in [5, 5.41) is 0. The van der Waals surface area contributed by atoms with Gasteiger partial charge in [-0.1, -0.05) is 44.2 Å². The average Bonchev–Trinajstić information content (AvgIpc) is 2.53. The monoisotopic (exact) mass is 276 g/mol. The molecule has 1 aliphatic rings. The number of hydrogen-bond acceptors (Lipinski definition) is 3. The van der Waals surface area contributed by atoms with Crippen molar-refractivity contribution in [1.29, 1.82) is 0 Å². The van der Waals surface area contributed by atoms with Crippen LogP contribution in [0.15, 0.2) is 30.3 Å². The second-order valence-corrected chi connectivity index (χ2v) is 5.05. The van der Waals surface area contributed by atoms with Crippen LogP contribution in [-0.2, 0) is 9.53 Å². The summed E-state index contributed by atoms with van der Waals surface area (Å²) in [5.74, 6) is 0.200. The SMILES string of the molecule is CCN(CC)CC(=O)N1CCOC[C@H]1c1ccccc1. The molecule has 0 saturated carbocycles. The molecule has 4 heteroatoms. The van der Waals surface area contributed by atoms with Gasteiger partial charge in [-0.15, -0.1) is 0 Å². The lowest BCUT2D eigenvalue weighted by molar-refractivity contribution is -0.141. The van der Waals surface area contributed by atoms with E-state index < -0.39 is 0 Å². The Morgan fingerprint density at radius 1 is 1.30 bits per heavy atom. The van der Waals surface area contributed by atoms with Crippen molar-refractivity contribution >= 4 is 5.91 Å². The number of benzene rings is 1. The molecule has 0 aromatic heterocycles. The molecule has 1 atom stereocenters. The fraction of sp³-hybridized carbons (Fsp3) is 0.562. The van der Waals surface area contributed by atoms with Crippen LogP contribution in [0.4, 0.5) is 0 Å². The zero-order valence-electron chi connectivity index (χ0n) is 12.4. The van der Waals surface area contributed by atoms with Gasteiger partial charge in [0.05, 0.1) is 25.8 Å². The Hall–Kier alpha value is -1.39. The van der Waals surface area contributed by atoms with Crippen molar-refractivity contribution in [2.75, 3.05) is 39.4 Å². The van der Waals surface area contributed by atoms with E-state index in [2.05, 4.69) is 30.9 Å². The van der Waals surface area contributed by atoms with Gasteiger partial charge in [-0.2, -0.15) is 0 Å². The molecule has 1 saturated heterocycles. The summed E-state index contributed by atoms with van der Waals surface area (Å²) in [5.41, 5.74) is 1.15. The van der Waals surface area contributed by atoms with Gasteiger partial charge in [0.2, 0.25) is 5.91 Å². The van der Waals surface area contributed by atoms with E-state index in [-0.39, 0.29) is 11.9 Å². The number of hydrogen-bond donors (Lipinski definition) is 0. The highest BCUT2D eigenvalue weighted by Crippen LogP contribution is 2.24. The lowest BCUT2D eigenvalue weighted by Gasteiger charge is -2.37. The minimum Gasteiger partial charge on any atom is -0.377 e. The maximum Gasteiger partial charge on any atom is 0.237 e. The standard InChI is InChI=1S/C16H24N2O2/c1-3-17(4-2)12-16(19)18-10-11-20-13-15(18)14-8-6-5-7-9-14/h5-9,15H,3-4,10-13H2,1-2H3/t15-/m0/s1. The topological polar surface area (TPSA) is 32.8 Å². The Balaban J connectivity index is 2.09. The summed E-state index contributed by atoms with van der Waals surface area (Å²) in [7, 11) is 0. The predicted molar refractivity (Wildman–Crippen MR) is 79.5 cm³/mol. The van der Waals surface area contributed by atoms with E-state index in [4.69, 9.17) is 4.74 Å². The van der Waals surface area contributed by atoms with Crippen LogP contribution in [0.5, 0.6) is 0 Å². The van der Waals surface area contributed by atoms with Crippen molar-refractivity contribution in [3.05, 3.63) is 35.9 Å². The molecule has 4 nitrogen and oxygen atoms in total. The minimum atomic E-state index is 0.0491. The Kier molecular flexibility index (Phi) is 5.56. The van der Waals surface area contributed by atoms with Gasteiger partial charge in [-0.05, 0) is 18.7 Å². The third-order valence-electron chi connectivity index (χ3n) is 3.89. The van der Waals surface area contributed by atoms with Crippen molar-refractivity contribution in [1.82, 2.24) is 9.80 Å². The number of amides is 1. The number of morpholine rings is 1. The highest BCUT2D eigenvalue weighted by Gasteiger charge is 2.28. The molecule has 20 heavy (non-hydrogen) atoms. The van der Waals surface area contributed by atoms with E-state index in [0.29, 0.717) is 26.3 Å². The molecule has 0 spiro atoms. The highest BCUT2D eigenvalue weighted by molar-refractivity contribution is 5.79. The second kappa shape index (κ2) is 7.41. The number of rotatable bonds is 5. The molecule has 0 bridgehead atoms. The molecule has 2 rings (SSSR count). The molecular formula is C16H24N2O2. The molecular weight excluding hydrogens is 252 g/mol. The lowest BCUT2D eigenvalue weighted by atomic mass is 10.0. The fourth-order valence-corrected chi connectivity index (χ4v) is 2.58. The number of carbonyl (C=O) groups is 1. The van der Waals surface area contributed by atoms with Gasteiger partial charge in [0, 0.05) is 6.54 Å². The summed E-state index contributed by atoms with van der Waals surface area (Å²) < 4.78 is 5.57. The van der Waals surface area contributed by atoms with Crippen LogP contribution in [0.1, 0.15) is 25.5 Å². The van der Waals surface area contributed by atoms with Gasteiger partial charge in [0.25, 0.3) is 0 Å². The van der Waals surface area contributed by atoms with Crippen molar-refractivity contribution < 1.29 is 9.53 Å². The summed E-state index contributed by atoms with van der Waals surface area (Å²) in [6.45, 7) is 8.39. The highest BCUT2D eigenvalue weighted by atomic mass is 16.5. The van der Waals surface area contributed by atoms with Crippen molar-refractivity contribution in [2.24, 2.45) is 0 Å². The molecule has 1 fully saturated rings. The van der Waals surface area contributed by atoms with Gasteiger partial charge >= 0.3 is 0 Å². The van der Waals surface area contributed by atoms with Crippen LogP contribution in [-0.4, -0.2) is 55.1 Å². The zero-order chi connectivity index (χ0) is 14.4. The molecule has 1 aromatic carbocycles. The first-order valence-corrected chi connectivity index (χ1v) is 7.40. The third-order valence-corrected chi connectivity index (χ3v) is 3.89. The zero-order valence-corrected chi connectivity index (χ0v) is 12.4. The first-order chi connectivity index (χ1) is 9.76. The van der Waals surface area contributed by atoms with Gasteiger partial charge in [0.1, 0.15) is 0 Å². The van der Waals surface area contributed by atoms with Gasteiger partial charge < -0.3 is 9.64 Å². The first-order valence-electron chi connectivity index (χ1n) is 7.40. The molecule has 0 N–H and O–H groups in total. The fourth-order valence-electron chi connectivity index (χ4n) is 2.58. The number of likely N-dealkylation sites (N-methyl/N-ethyl adjacent to an activating group) is 1. The van der Waals surface area contributed by atoms with Crippen LogP contribution >= 0.6 is 0 Å². The van der Waals surface area contributed by atoms with E-state index >= 15 is 0 Å². The van der Waals surface area contributed by atoms with Crippen molar-refractivity contribution in [3.8, 4) is 0 Å². The Bertz CT molecular complexity index is 418. The summed E-state index contributed by atoms with van der Waals surface area (Å²) in [4.78, 5) is 16.7. The van der Waals surface area contributed by atoms with E-state index in [9.17, 15) is 4.79 Å². The van der Waals surface area contributed by atoms with Crippen LogP contribution in [0.25, 0.3) is 0 Å².